The molecule has 0 aliphatic carbocycles. The molecule has 13 heavy (non-hydrogen) atoms. The van der Waals surface area contributed by atoms with Crippen molar-refractivity contribution in [3.8, 4) is 0 Å². The van der Waals surface area contributed by atoms with Crippen molar-refractivity contribution in [2.24, 2.45) is 5.73 Å². The lowest BCUT2D eigenvalue weighted by Gasteiger charge is -2.39. The molecule has 0 saturated carbocycles. The van der Waals surface area contributed by atoms with Crippen LogP contribution >= 0.6 is 0 Å². The van der Waals surface area contributed by atoms with E-state index in [1.807, 2.05) is 0 Å². The van der Waals surface area contributed by atoms with E-state index in [-0.39, 0.29) is 6.54 Å². The van der Waals surface area contributed by atoms with Crippen LogP contribution in [0.15, 0.2) is 0 Å². The van der Waals surface area contributed by atoms with Crippen molar-refractivity contribution in [1.82, 2.24) is 0 Å². The highest BCUT2D eigenvalue weighted by Gasteiger charge is 2.43. The van der Waals surface area contributed by atoms with Gasteiger partial charge in [0.2, 0.25) is 0 Å². The van der Waals surface area contributed by atoms with E-state index in [4.69, 9.17) is 15.2 Å². The highest BCUT2D eigenvalue weighted by molar-refractivity contribution is 4.89. The van der Waals surface area contributed by atoms with Crippen molar-refractivity contribution in [1.29, 1.82) is 0 Å². The maximum Gasteiger partial charge on any atom is 0.186 e. The zero-order valence-corrected chi connectivity index (χ0v) is 7.33. The molecule has 0 bridgehead atoms. The number of nitrogens with two attached hydrogens (primary N) is 1. The van der Waals surface area contributed by atoms with Gasteiger partial charge in [-0.2, -0.15) is 0 Å². The molecule has 0 radical (unpaired) electrons. The Kier molecular flexibility index (Phi) is 3.60. The summed E-state index contributed by atoms with van der Waals surface area (Å²) in [7, 11) is 1.34. The van der Waals surface area contributed by atoms with Gasteiger partial charge in [-0.1, -0.05) is 0 Å². The fraction of sp³-hybridized carbons (Fsp3) is 1.00. The molecule has 1 aliphatic heterocycles. The van der Waals surface area contributed by atoms with Gasteiger partial charge >= 0.3 is 0 Å². The highest BCUT2D eigenvalue weighted by atomic mass is 16.7. The zero-order chi connectivity index (χ0) is 10.0. The second kappa shape index (κ2) is 4.32. The fourth-order valence-electron chi connectivity index (χ4n) is 1.31. The summed E-state index contributed by atoms with van der Waals surface area (Å²) in [5, 5.41) is 28.0. The molecule has 6 heteroatoms. The van der Waals surface area contributed by atoms with E-state index in [1.165, 1.54) is 7.11 Å². The molecule has 1 heterocycles. The van der Waals surface area contributed by atoms with Crippen molar-refractivity contribution >= 4 is 0 Å². The number of hydrogen-bond acceptors (Lipinski definition) is 6. The summed E-state index contributed by atoms with van der Waals surface area (Å²) >= 11 is 0. The van der Waals surface area contributed by atoms with Crippen molar-refractivity contribution in [2.45, 2.75) is 30.7 Å². The number of hydrogen-bond donors (Lipinski definition) is 4. The standard InChI is InChI=1S/C7H15NO5/c1-12-7-6(11)5(10)4(9)3(2-8)13-7/h3-7,9-11H,2,8H2,1H3/t3-,4+,5+,6+,7+/m1/s1. The van der Waals surface area contributed by atoms with Crippen LogP contribution in [0.3, 0.4) is 0 Å². The Labute approximate surface area is 75.9 Å². The van der Waals surface area contributed by atoms with Crippen LogP contribution in [-0.4, -0.2) is 59.7 Å². The molecule has 0 aromatic rings. The third-order valence-electron chi connectivity index (χ3n) is 2.13. The summed E-state index contributed by atoms with van der Waals surface area (Å²) in [6.45, 7) is 0.0603. The Morgan fingerprint density at radius 1 is 1.23 bits per heavy atom. The average molecular weight is 193 g/mol. The van der Waals surface area contributed by atoms with Gasteiger partial charge in [0, 0.05) is 13.7 Å². The molecule has 1 saturated heterocycles. The van der Waals surface area contributed by atoms with E-state index in [2.05, 4.69) is 0 Å². The Balaban J connectivity index is 2.66. The molecule has 1 aliphatic rings. The molecular weight excluding hydrogens is 178 g/mol. The van der Waals surface area contributed by atoms with E-state index in [0.29, 0.717) is 0 Å². The molecule has 0 aromatic heterocycles. The van der Waals surface area contributed by atoms with Crippen LogP contribution in [0.1, 0.15) is 0 Å². The number of ether oxygens (including phenoxy) is 2. The first-order chi connectivity index (χ1) is 6.11. The maximum atomic E-state index is 9.35. The molecule has 6 nitrogen and oxygen atoms in total. The molecule has 78 valence electrons. The fourth-order valence-corrected chi connectivity index (χ4v) is 1.31. The number of aliphatic hydroxyl groups excluding tert-OH is 3. The van der Waals surface area contributed by atoms with Gasteiger partial charge in [-0.05, 0) is 0 Å². The Hall–Kier alpha value is -0.240. The summed E-state index contributed by atoms with van der Waals surface area (Å²) in [6.07, 6.45) is -5.35. The summed E-state index contributed by atoms with van der Waals surface area (Å²) in [5.74, 6) is 0. The van der Waals surface area contributed by atoms with Crippen LogP contribution < -0.4 is 5.73 Å². The third-order valence-corrected chi connectivity index (χ3v) is 2.13. The van der Waals surface area contributed by atoms with Gasteiger partial charge in [0.15, 0.2) is 6.29 Å². The van der Waals surface area contributed by atoms with E-state index in [9.17, 15) is 15.3 Å². The van der Waals surface area contributed by atoms with E-state index in [0.717, 1.165) is 0 Å². The first kappa shape index (κ1) is 10.8. The monoisotopic (exact) mass is 193 g/mol. The van der Waals surface area contributed by atoms with Gasteiger partial charge in [0.05, 0.1) is 0 Å². The van der Waals surface area contributed by atoms with Crippen molar-refractivity contribution < 1.29 is 24.8 Å². The Morgan fingerprint density at radius 3 is 2.31 bits per heavy atom. The van der Waals surface area contributed by atoms with Gasteiger partial charge in [-0.15, -0.1) is 0 Å². The molecule has 0 unspecified atom stereocenters. The minimum absolute atomic E-state index is 0.0603. The van der Waals surface area contributed by atoms with Crippen molar-refractivity contribution in [3.05, 3.63) is 0 Å². The third kappa shape index (κ3) is 1.98. The summed E-state index contributed by atoms with van der Waals surface area (Å²) in [5.41, 5.74) is 5.28. The largest absolute Gasteiger partial charge is 0.388 e. The van der Waals surface area contributed by atoms with Crippen molar-refractivity contribution in [3.63, 3.8) is 0 Å². The Bertz CT molecular complexity index is 147. The lowest BCUT2D eigenvalue weighted by atomic mass is 9.99. The predicted molar refractivity (Wildman–Crippen MR) is 42.7 cm³/mol. The van der Waals surface area contributed by atoms with Crippen molar-refractivity contribution in [2.75, 3.05) is 13.7 Å². The van der Waals surface area contributed by atoms with Gasteiger partial charge < -0.3 is 30.5 Å². The quantitative estimate of drug-likeness (QED) is 0.383. The van der Waals surface area contributed by atoms with Crippen LogP contribution in [0, 0.1) is 0 Å². The molecule has 5 N–H and O–H groups in total. The molecule has 1 rings (SSSR count). The van der Waals surface area contributed by atoms with Gasteiger partial charge in [0.1, 0.15) is 24.4 Å². The minimum atomic E-state index is -1.28. The predicted octanol–water partition coefficient (Wildman–Crippen LogP) is -2.60. The topological polar surface area (TPSA) is 105 Å². The number of rotatable bonds is 2. The van der Waals surface area contributed by atoms with Gasteiger partial charge in [0.25, 0.3) is 0 Å². The number of aliphatic hydroxyl groups is 3. The molecule has 0 amide bonds. The second-order valence-corrected chi connectivity index (χ2v) is 2.99. The first-order valence-corrected chi connectivity index (χ1v) is 4.04. The molecule has 0 aromatic carbocycles. The minimum Gasteiger partial charge on any atom is -0.388 e. The molecule has 0 spiro atoms. The summed E-state index contributed by atoms with van der Waals surface area (Å²) < 4.78 is 9.83. The lowest BCUT2D eigenvalue weighted by molar-refractivity contribution is -0.287. The zero-order valence-electron chi connectivity index (χ0n) is 7.33. The normalized spacial score (nSPS) is 46.4. The SMILES string of the molecule is CO[C@H]1O[C@H](CN)[C@H](O)[C@H](O)[C@@H]1O. The van der Waals surface area contributed by atoms with Crippen LogP contribution in [0.2, 0.25) is 0 Å². The molecule has 1 fully saturated rings. The second-order valence-electron chi connectivity index (χ2n) is 2.99. The summed E-state index contributed by atoms with van der Waals surface area (Å²) in [4.78, 5) is 0. The van der Waals surface area contributed by atoms with E-state index in [1.54, 1.807) is 0 Å². The Morgan fingerprint density at radius 2 is 1.85 bits per heavy atom. The van der Waals surface area contributed by atoms with Crippen LogP contribution in [0.5, 0.6) is 0 Å². The van der Waals surface area contributed by atoms with Crippen LogP contribution in [0.25, 0.3) is 0 Å². The van der Waals surface area contributed by atoms with Crippen LogP contribution in [-0.2, 0) is 9.47 Å². The molecular formula is C7H15NO5. The lowest BCUT2D eigenvalue weighted by Crippen LogP contribution is -2.59. The maximum absolute atomic E-state index is 9.35. The van der Waals surface area contributed by atoms with Gasteiger partial charge in [-0.3, -0.25) is 0 Å². The molecule has 5 atom stereocenters. The first-order valence-electron chi connectivity index (χ1n) is 4.04. The highest BCUT2D eigenvalue weighted by Crippen LogP contribution is 2.20. The van der Waals surface area contributed by atoms with Gasteiger partial charge in [-0.25, -0.2) is 0 Å². The smallest absolute Gasteiger partial charge is 0.186 e. The average Bonchev–Trinajstić information content (AvgIpc) is 2.15. The van der Waals surface area contributed by atoms with Crippen LogP contribution in [0.4, 0.5) is 0 Å². The summed E-state index contributed by atoms with van der Waals surface area (Å²) in [6, 6.07) is 0. The van der Waals surface area contributed by atoms with E-state index >= 15 is 0 Å². The number of methoxy groups -OCH3 is 1. The van der Waals surface area contributed by atoms with E-state index < -0.39 is 30.7 Å².